The normalized spacial score (nSPS) is 17.6. The summed E-state index contributed by atoms with van der Waals surface area (Å²) in [5.41, 5.74) is 5.23. The lowest BCUT2D eigenvalue weighted by Gasteiger charge is -2.27. The molecule has 6 heterocycles. The van der Waals surface area contributed by atoms with Crippen molar-refractivity contribution in [1.29, 1.82) is 0 Å². The van der Waals surface area contributed by atoms with Gasteiger partial charge in [0.25, 0.3) is 11.8 Å². The van der Waals surface area contributed by atoms with Gasteiger partial charge in [-0.1, -0.05) is 33.4 Å². The highest BCUT2D eigenvalue weighted by Gasteiger charge is 2.41. The number of alkyl halides is 6. The number of aryl methyl sites for hydroxylation is 2. The maximum Gasteiger partial charge on any atom is 0.416 e. The first-order valence-corrected chi connectivity index (χ1v) is 17.1. The third-order valence-corrected chi connectivity index (χ3v) is 10.8. The summed E-state index contributed by atoms with van der Waals surface area (Å²) < 4.78 is 82.8. The number of hydrogen-bond donors (Lipinski definition) is 2. The Morgan fingerprint density at radius 1 is 0.774 bits per heavy atom. The van der Waals surface area contributed by atoms with E-state index in [1.165, 1.54) is 0 Å². The van der Waals surface area contributed by atoms with E-state index in [1.54, 1.807) is 19.1 Å². The third-order valence-electron chi connectivity index (χ3n) is 10.8. The number of H-pyrrole nitrogens is 2. The molecule has 0 aliphatic carbocycles. The largest absolute Gasteiger partial charge is 0.416 e. The first-order valence-electron chi connectivity index (χ1n) is 17.1. The highest BCUT2D eigenvalue weighted by Crippen LogP contribution is 2.43. The van der Waals surface area contributed by atoms with Crippen LogP contribution in [0, 0.1) is 13.8 Å². The molecule has 0 spiro atoms. The molecule has 0 radical (unpaired) electrons. The Bertz CT molecular complexity index is 2450. The van der Waals surface area contributed by atoms with Crippen LogP contribution in [0.4, 0.5) is 26.3 Å². The molecule has 2 amide bonds. The number of halogens is 6. The number of nitrogens with zero attached hydrogens (tertiary/aromatic N) is 3. The molecular formula is C40H35F6N5O2. The lowest BCUT2D eigenvalue weighted by Crippen LogP contribution is -2.40. The second-order valence-electron chi connectivity index (χ2n) is 13.9. The lowest BCUT2D eigenvalue weighted by molar-refractivity contribution is -0.143. The molecule has 8 bridgehead atoms. The predicted molar refractivity (Wildman–Crippen MR) is 191 cm³/mol. The van der Waals surface area contributed by atoms with Crippen molar-refractivity contribution in [2.75, 3.05) is 0 Å². The molecule has 2 N–H and O–H groups in total. The quantitative estimate of drug-likeness (QED) is 0.161. The summed E-state index contributed by atoms with van der Waals surface area (Å²) in [5, 5.41) is 0. The molecule has 2 atom stereocenters. The number of amides is 2. The number of hydrogen-bond acceptors (Lipinski definition) is 4. The average molecular weight is 732 g/mol. The SMILES string of the molecule is C=Cc1c(C)c2cc3nc(c4c5[nH]c(cc6nc(cc1[nH]2)C(C)=C6CC)c(C)c5C(=O)N(Cc1cc(C(F)(F)F)cc(C(F)(F)F)c1)C4=O)C(C)[C@@H]3C. The van der Waals surface area contributed by atoms with Crippen LogP contribution in [0.3, 0.4) is 0 Å². The van der Waals surface area contributed by atoms with Crippen molar-refractivity contribution in [3.63, 3.8) is 0 Å². The van der Waals surface area contributed by atoms with Crippen molar-refractivity contribution in [3.8, 4) is 0 Å². The number of carbonyl (C=O) groups is 2. The smallest absolute Gasteiger partial charge is 0.355 e. The third kappa shape index (κ3) is 5.77. The Kier molecular flexibility index (Phi) is 8.34. The van der Waals surface area contributed by atoms with Crippen LogP contribution in [0.1, 0.15) is 123 Å². The summed E-state index contributed by atoms with van der Waals surface area (Å²) in [7, 11) is 0. The van der Waals surface area contributed by atoms with Crippen molar-refractivity contribution in [2.24, 2.45) is 0 Å². The first kappa shape index (κ1) is 35.9. The number of allylic oxidation sites excluding steroid dienone is 2. The van der Waals surface area contributed by atoms with Crippen LogP contribution in [0.5, 0.6) is 0 Å². The minimum atomic E-state index is -5.11. The van der Waals surface area contributed by atoms with E-state index in [1.807, 2.05) is 46.8 Å². The molecule has 3 aliphatic heterocycles. The average Bonchev–Trinajstić information content (AvgIpc) is 3.75. The van der Waals surface area contributed by atoms with Gasteiger partial charge in [-0.15, -0.1) is 0 Å². The topological polar surface area (TPSA) is 94.7 Å². The first-order chi connectivity index (χ1) is 24.8. The Hall–Kier alpha value is -5.46. The fraction of sp³-hybridized carbons (Fsp3) is 0.300. The summed E-state index contributed by atoms with van der Waals surface area (Å²) in [5.74, 6) is -2.33. The molecule has 3 aromatic heterocycles. The van der Waals surface area contributed by atoms with Crippen molar-refractivity contribution < 1.29 is 35.9 Å². The zero-order valence-electron chi connectivity index (χ0n) is 29.7. The minimum absolute atomic E-state index is 0.0125. The highest BCUT2D eigenvalue weighted by molar-refractivity contribution is 6.23. The van der Waals surface area contributed by atoms with Crippen LogP contribution in [0.2, 0.25) is 0 Å². The Morgan fingerprint density at radius 2 is 1.38 bits per heavy atom. The van der Waals surface area contributed by atoms with Gasteiger partial charge in [0, 0.05) is 39.6 Å². The Morgan fingerprint density at radius 3 is 1.98 bits per heavy atom. The van der Waals surface area contributed by atoms with E-state index in [0.717, 1.165) is 39.0 Å². The summed E-state index contributed by atoms with van der Waals surface area (Å²) in [6, 6.07) is 6.73. The molecule has 4 aromatic rings. The zero-order valence-corrected chi connectivity index (χ0v) is 29.7. The number of aromatic amines is 2. The van der Waals surface area contributed by atoms with Crippen LogP contribution >= 0.6 is 0 Å². The van der Waals surface area contributed by atoms with Gasteiger partial charge in [-0.25, -0.2) is 4.98 Å². The van der Waals surface area contributed by atoms with E-state index in [4.69, 9.17) is 9.97 Å². The van der Waals surface area contributed by atoms with Crippen LogP contribution in [-0.4, -0.2) is 36.7 Å². The van der Waals surface area contributed by atoms with Gasteiger partial charge in [-0.05, 0) is 91.4 Å². The summed E-state index contributed by atoms with van der Waals surface area (Å²) in [6.45, 7) is 14.6. The number of benzene rings is 1. The van der Waals surface area contributed by atoms with E-state index in [9.17, 15) is 35.9 Å². The lowest BCUT2D eigenvalue weighted by atomic mass is 9.89. The second-order valence-corrected chi connectivity index (χ2v) is 13.9. The number of rotatable bonds is 4. The molecule has 0 fully saturated rings. The van der Waals surface area contributed by atoms with E-state index >= 15 is 0 Å². The van der Waals surface area contributed by atoms with Gasteiger partial charge in [-0.2, -0.15) is 26.3 Å². The van der Waals surface area contributed by atoms with Crippen LogP contribution < -0.4 is 0 Å². The molecule has 1 unspecified atom stereocenters. The van der Waals surface area contributed by atoms with Gasteiger partial charge < -0.3 is 9.97 Å². The van der Waals surface area contributed by atoms with Gasteiger partial charge in [0.05, 0.1) is 51.4 Å². The number of fused-ring (bicyclic) bond motifs is 8. The number of imide groups is 1. The summed E-state index contributed by atoms with van der Waals surface area (Å²) >= 11 is 0. The highest BCUT2D eigenvalue weighted by atomic mass is 19.4. The fourth-order valence-corrected chi connectivity index (χ4v) is 7.57. The van der Waals surface area contributed by atoms with Crippen molar-refractivity contribution >= 4 is 51.1 Å². The molecule has 0 saturated heterocycles. The Labute approximate surface area is 300 Å². The van der Waals surface area contributed by atoms with E-state index in [2.05, 4.69) is 16.5 Å². The maximum absolute atomic E-state index is 14.6. The molecule has 3 aliphatic rings. The number of nitrogens with one attached hydrogen (secondary N) is 2. The van der Waals surface area contributed by atoms with E-state index in [0.29, 0.717) is 51.6 Å². The molecule has 1 aromatic carbocycles. The summed E-state index contributed by atoms with van der Waals surface area (Å²) in [6.07, 6.45) is -7.82. The van der Waals surface area contributed by atoms with E-state index < -0.39 is 47.4 Å². The van der Waals surface area contributed by atoms with Crippen LogP contribution in [0.15, 0.2) is 43.0 Å². The monoisotopic (exact) mass is 731 g/mol. The summed E-state index contributed by atoms with van der Waals surface area (Å²) in [4.78, 5) is 46.2. The van der Waals surface area contributed by atoms with Crippen molar-refractivity contribution in [1.82, 2.24) is 24.8 Å². The number of aromatic nitrogens is 4. The molecular weight excluding hydrogens is 696 g/mol. The van der Waals surface area contributed by atoms with Crippen LogP contribution in [-0.2, 0) is 18.9 Å². The van der Waals surface area contributed by atoms with Crippen LogP contribution in [0.25, 0.3) is 39.3 Å². The molecule has 13 heteroatoms. The predicted octanol–water partition coefficient (Wildman–Crippen LogP) is 10.7. The minimum Gasteiger partial charge on any atom is -0.355 e. The standard InChI is InChI=1S/C40H35F6N5O2/c1-8-25-19(5)28-13-27-17(3)18(4)35(49-27)34-36-33(21(7)30(50-36)15-32-26(9-2)20(6)29(48-32)14-31(25)47-28)37(52)51(38(34)53)16-22-10-23(39(41,42)43)12-24(11-22)40(44,45)46/h8,10-15,17-18,47,50H,1,9,16H2,2-7H3/t17-,18?/m0/s1. The number of carbonyl (C=O) groups excluding carboxylic acids is 2. The van der Waals surface area contributed by atoms with Gasteiger partial charge in [0.15, 0.2) is 0 Å². The Balaban J connectivity index is 1.56. The van der Waals surface area contributed by atoms with Crippen molar-refractivity contribution in [3.05, 3.63) is 110 Å². The molecule has 53 heavy (non-hydrogen) atoms. The second kappa shape index (κ2) is 12.3. The van der Waals surface area contributed by atoms with Gasteiger partial charge in [0.2, 0.25) is 0 Å². The van der Waals surface area contributed by atoms with Gasteiger partial charge in [0.1, 0.15) is 0 Å². The van der Waals surface area contributed by atoms with Gasteiger partial charge >= 0.3 is 12.4 Å². The molecule has 7 rings (SSSR count). The molecule has 274 valence electrons. The molecule has 0 saturated carbocycles. The van der Waals surface area contributed by atoms with Gasteiger partial charge in [-0.3, -0.25) is 19.5 Å². The van der Waals surface area contributed by atoms with Crippen molar-refractivity contribution in [2.45, 2.75) is 78.7 Å². The maximum atomic E-state index is 14.6. The fourth-order valence-electron chi connectivity index (χ4n) is 7.57. The van der Waals surface area contributed by atoms with E-state index in [-0.39, 0.29) is 34.5 Å². The molecule has 7 nitrogen and oxygen atoms in total. The zero-order chi connectivity index (χ0) is 38.5.